The first kappa shape index (κ1) is 27.6. The highest BCUT2D eigenvalue weighted by Gasteiger charge is 2.44. The molecule has 4 rings (SSSR count). The van der Waals surface area contributed by atoms with Crippen molar-refractivity contribution >= 4 is 11.8 Å². The summed E-state index contributed by atoms with van der Waals surface area (Å²) in [4.78, 5) is 21.3. The molecule has 0 unspecified atom stereocenters. The van der Waals surface area contributed by atoms with Crippen molar-refractivity contribution in [3.05, 3.63) is 111 Å². The zero-order valence-corrected chi connectivity index (χ0v) is 21.4. The van der Waals surface area contributed by atoms with Crippen molar-refractivity contribution in [3.63, 3.8) is 0 Å². The maximum absolute atomic E-state index is 13.6. The van der Waals surface area contributed by atoms with E-state index in [0.717, 1.165) is 16.7 Å². The van der Waals surface area contributed by atoms with Crippen molar-refractivity contribution in [1.82, 2.24) is 5.32 Å². The van der Waals surface area contributed by atoms with E-state index < -0.39 is 5.54 Å². The highest BCUT2D eigenvalue weighted by atomic mass is 19.1. The second-order valence-electron chi connectivity index (χ2n) is 9.16. The van der Waals surface area contributed by atoms with Crippen LogP contribution in [0.15, 0.2) is 82.9 Å². The van der Waals surface area contributed by atoms with Crippen LogP contribution in [-0.2, 0) is 28.9 Å². The summed E-state index contributed by atoms with van der Waals surface area (Å²) in [5.74, 6) is 0.357. The van der Waals surface area contributed by atoms with Gasteiger partial charge in [-0.1, -0.05) is 41.5 Å². The summed E-state index contributed by atoms with van der Waals surface area (Å²) in [6.07, 6.45) is 1.24. The number of nitrogens with zero attached hydrogens (tertiary/aromatic N) is 4. The van der Waals surface area contributed by atoms with Gasteiger partial charge in [-0.25, -0.2) is 9.38 Å². The first-order valence-corrected chi connectivity index (χ1v) is 12.7. The summed E-state index contributed by atoms with van der Waals surface area (Å²) in [6.45, 7) is 0.940. The highest BCUT2D eigenvalue weighted by molar-refractivity contribution is 6.00. The Kier molecular flexibility index (Phi) is 9.50. The number of nitrogens with one attached hydrogen (secondary N) is 1. The molecule has 0 bridgehead atoms. The predicted octanol–water partition coefficient (Wildman–Crippen LogP) is 4.51. The lowest BCUT2D eigenvalue weighted by atomic mass is 9.89. The van der Waals surface area contributed by atoms with E-state index in [0.29, 0.717) is 43.2 Å². The van der Waals surface area contributed by atoms with Crippen molar-refractivity contribution < 1.29 is 23.8 Å². The number of hydrogen-bond acceptors (Lipinski definition) is 6. The number of carbonyl (C=O) groups excluding carboxylic acids is 1. The van der Waals surface area contributed by atoms with Crippen LogP contribution < -0.4 is 10.1 Å². The van der Waals surface area contributed by atoms with Gasteiger partial charge in [-0.15, -0.1) is 0 Å². The summed E-state index contributed by atoms with van der Waals surface area (Å²) < 4.78 is 25.1. The minimum Gasteiger partial charge on any atom is -0.494 e. The third kappa shape index (κ3) is 7.34. The Labute approximate surface area is 225 Å². The Bertz CT molecular complexity index is 1360. The van der Waals surface area contributed by atoms with Gasteiger partial charge in [-0.3, -0.25) is 4.79 Å². The summed E-state index contributed by atoms with van der Waals surface area (Å²) in [6, 6.07) is 20.9. The molecular weight excluding hydrogens is 501 g/mol. The van der Waals surface area contributed by atoms with Crippen LogP contribution in [0.2, 0.25) is 0 Å². The maximum Gasteiger partial charge on any atom is 0.251 e. The van der Waals surface area contributed by atoms with Crippen LogP contribution in [0.4, 0.5) is 4.39 Å². The molecule has 3 aromatic rings. The molecule has 0 aromatic heterocycles. The largest absolute Gasteiger partial charge is 0.494 e. The van der Waals surface area contributed by atoms with Gasteiger partial charge in [0.05, 0.1) is 13.2 Å². The molecule has 0 saturated heterocycles. The molecule has 3 aromatic carbocycles. The van der Waals surface area contributed by atoms with Crippen LogP contribution in [-0.4, -0.2) is 48.8 Å². The predicted molar refractivity (Wildman–Crippen MR) is 145 cm³/mol. The molecule has 10 heteroatoms. The molecule has 1 atom stereocenters. The number of hydrogen-bond donors (Lipinski definition) is 2. The maximum atomic E-state index is 13.6. The van der Waals surface area contributed by atoms with E-state index in [1.165, 1.54) is 12.1 Å². The lowest BCUT2D eigenvalue weighted by molar-refractivity contribution is -0.126. The molecule has 1 aliphatic rings. The van der Waals surface area contributed by atoms with Crippen molar-refractivity contribution in [1.29, 1.82) is 0 Å². The molecule has 1 aliphatic heterocycles. The molecule has 0 saturated carbocycles. The molecule has 1 heterocycles. The highest BCUT2D eigenvalue weighted by Crippen LogP contribution is 2.29. The molecule has 9 nitrogen and oxygen atoms in total. The zero-order valence-electron chi connectivity index (χ0n) is 21.4. The van der Waals surface area contributed by atoms with E-state index >= 15 is 0 Å². The molecular formula is C29H30FN5O4. The van der Waals surface area contributed by atoms with Crippen molar-refractivity contribution in [2.24, 2.45) is 10.1 Å². The van der Waals surface area contributed by atoms with Gasteiger partial charge in [-0.05, 0) is 65.0 Å². The van der Waals surface area contributed by atoms with E-state index in [1.54, 1.807) is 30.3 Å². The van der Waals surface area contributed by atoms with E-state index in [1.807, 2.05) is 30.3 Å². The number of azide groups is 1. The molecule has 0 fully saturated rings. The first-order valence-electron chi connectivity index (χ1n) is 12.7. The van der Waals surface area contributed by atoms with Gasteiger partial charge in [0.1, 0.15) is 18.2 Å². The van der Waals surface area contributed by atoms with E-state index in [-0.39, 0.29) is 37.9 Å². The minimum absolute atomic E-state index is 0.0265. The Morgan fingerprint density at radius 3 is 2.69 bits per heavy atom. The fourth-order valence-corrected chi connectivity index (χ4v) is 4.31. The van der Waals surface area contributed by atoms with Crippen LogP contribution in [0.3, 0.4) is 0 Å². The van der Waals surface area contributed by atoms with E-state index in [9.17, 15) is 9.18 Å². The number of aliphatic imine (C=N–C) groups is 1. The molecule has 0 spiro atoms. The van der Waals surface area contributed by atoms with Gasteiger partial charge in [0.15, 0.2) is 5.54 Å². The summed E-state index contributed by atoms with van der Waals surface area (Å²) in [5, 5.41) is 15.6. The Balaban J connectivity index is 1.57. The fraction of sp³-hybridized carbons (Fsp3) is 0.310. The average Bonchev–Trinajstić information content (AvgIpc) is 3.38. The Hall–Kier alpha value is -4.40. The van der Waals surface area contributed by atoms with Crippen LogP contribution in [0.1, 0.15) is 28.7 Å². The van der Waals surface area contributed by atoms with Gasteiger partial charge in [0, 0.05) is 36.5 Å². The minimum atomic E-state index is -1.25. The van der Waals surface area contributed by atoms with E-state index in [2.05, 4.69) is 15.3 Å². The van der Waals surface area contributed by atoms with Crippen molar-refractivity contribution in [3.8, 4) is 5.75 Å². The molecule has 39 heavy (non-hydrogen) atoms. The zero-order chi connectivity index (χ0) is 27.5. The number of rotatable bonds is 13. The van der Waals surface area contributed by atoms with Gasteiger partial charge in [0.25, 0.3) is 5.91 Å². The second kappa shape index (κ2) is 13.4. The monoisotopic (exact) mass is 531 g/mol. The number of aliphatic hydroxyl groups excluding tert-OH is 1. The summed E-state index contributed by atoms with van der Waals surface area (Å²) in [5.41, 5.74) is 10.6. The Morgan fingerprint density at radius 2 is 1.95 bits per heavy atom. The topological polar surface area (TPSA) is 129 Å². The van der Waals surface area contributed by atoms with Crippen molar-refractivity contribution in [2.75, 3.05) is 26.4 Å². The fourth-order valence-electron chi connectivity index (χ4n) is 4.31. The lowest BCUT2D eigenvalue weighted by Crippen LogP contribution is -2.49. The van der Waals surface area contributed by atoms with Crippen LogP contribution in [0, 0.1) is 5.82 Å². The molecule has 202 valence electrons. The SMILES string of the molecule is [N-]=[N+]=NCc1ccccc1C[C@]1(C(=O)NCCc2cccc(F)c2)COC(c2ccc(OCCCO)cc2)=N1. The number of halogens is 1. The quantitative estimate of drug-likeness (QED) is 0.145. The van der Waals surface area contributed by atoms with Crippen LogP contribution >= 0.6 is 0 Å². The van der Waals surface area contributed by atoms with Crippen LogP contribution in [0.25, 0.3) is 10.4 Å². The Morgan fingerprint density at radius 1 is 1.15 bits per heavy atom. The molecule has 2 N–H and O–H groups in total. The number of carbonyl (C=O) groups is 1. The summed E-state index contributed by atoms with van der Waals surface area (Å²) in [7, 11) is 0. The number of amides is 1. The third-order valence-electron chi connectivity index (χ3n) is 6.35. The standard InChI is InChI=1S/C29H30FN5O4/c30-25-8-3-5-21(17-25)13-14-32-28(37)29(18-23-6-1-2-7-24(23)19-33-35-31)20-39-27(34-29)22-9-11-26(12-10-22)38-16-4-15-36/h1-3,5-12,17,36H,4,13-16,18-20H2,(H,32,37)/t29-/m1/s1. The van der Waals surface area contributed by atoms with Gasteiger partial charge >= 0.3 is 0 Å². The van der Waals surface area contributed by atoms with E-state index in [4.69, 9.17) is 25.1 Å². The molecule has 1 amide bonds. The van der Waals surface area contributed by atoms with Gasteiger partial charge < -0.3 is 19.9 Å². The van der Waals surface area contributed by atoms with Crippen molar-refractivity contribution in [2.45, 2.75) is 31.3 Å². The molecule has 0 radical (unpaired) electrons. The normalized spacial score (nSPS) is 16.1. The number of ether oxygens (including phenoxy) is 2. The second-order valence-corrected chi connectivity index (χ2v) is 9.16. The smallest absolute Gasteiger partial charge is 0.251 e. The average molecular weight is 532 g/mol. The van der Waals surface area contributed by atoms with Gasteiger partial charge in [-0.2, -0.15) is 0 Å². The molecule has 0 aliphatic carbocycles. The number of benzene rings is 3. The third-order valence-corrected chi connectivity index (χ3v) is 6.35. The van der Waals surface area contributed by atoms with Crippen LogP contribution in [0.5, 0.6) is 5.75 Å². The number of aliphatic hydroxyl groups is 1. The lowest BCUT2D eigenvalue weighted by Gasteiger charge is -2.24. The summed E-state index contributed by atoms with van der Waals surface area (Å²) >= 11 is 0. The first-order chi connectivity index (χ1) is 19.0. The van der Waals surface area contributed by atoms with Gasteiger partial charge in [0.2, 0.25) is 5.90 Å².